The smallest absolute Gasteiger partial charge is 0.254 e. The van der Waals surface area contributed by atoms with Crippen molar-refractivity contribution in [1.82, 2.24) is 4.90 Å². The van der Waals surface area contributed by atoms with Crippen LogP contribution in [0.3, 0.4) is 0 Å². The quantitative estimate of drug-likeness (QED) is 0.800. The van der Waals surface area contributed by atoms with Gasteiger partial charge in [-0.05, 0) is 60.3 Å². The third-order valence-electron chi connectivity index (χ3n) is 3.37. The molecule has 1 saturated heterocycles. The van der Waals surface area contributed by atoms with Crippen LogP contribution >= 0.6 is 15.9 Å². The molecule has 0 aromatic heterocycles. The third kappa shape index (κ3) is 3.05. The third-order valence-corrected chi connectivity index (χ3v) is 3.59. The number of carbonyl (C=O) groups is 1. The second kappa shape index (κ2) is 6.23. The number of likely N-dealkylation sites (tertiary alicyclic amines) is 1. The van der Waals surface area contributed by atoms with Crippen LogP contribution in [0, 0.1) is 0 Å². The van der Waals surface area contributed by atoms with Crippen molar-refractivity contribution >= 4 is 21.8 Å². The molecule has 1 aliphatic heterocycles. The van der Waals surface area contributed by atoms with E-state index in [0.717, 1.165) is 25.1 Å². The van der Waals surface area contributed by atoms with Crippen LogP contribution in [0.25, 0.3) is 0 Å². The van der Waals surface area contributed by atoms with Gasteiger partial charge in [-0.15, -0.1) is 0 Å². The van der Waals surface area contributed by atoms with Crippen LogP contribution in [-0.4, -0.2) is 28.9 Å². The molecule has 98 valence electrons. The summed E-state index contributed by atoms with van der Waals surface area (Å²) in [5, 5.41) is 0. The summed E-state index contributed by atoms with van der Waals surface area (Å²) in [6.07, 6.45) is 3.43. The van der Waals surface area contributed by atoms with E-state index in [1.165, 1.54) is 6.42 Å². The first-order chi connectivity index (χ1) is 8.72. The number of hydrogen-bond donors (Lipinski definition) is 0. The van der Waals surface area contributed by atoms with Crippen LogP contribution in [0.4, 0.5) is 0 Å². The Balaban J connectivity index is 2.14. The van der Waals surface area contributed by atoms with Crippen molar-refractivity contribution in [2.24, 2.45) is 0 Å². The number of carbonyl (C=O) groups excluding carboxylic acids is 1. The van der Waals surface area contributed by atoms with Crippen molar-refractivity contribution < 1.29 is 9.53 Å². The molecule has 1 aromatic rings. The second-order valence-corrected chi connectivity index (χ2v) is 5.08. The van der Waals surface area contributed by atoms with E-state index < -0.39 is 0 Å². The van der Waals surface area contributed by atoms with Crippen LogP contribution < -0.4 is 4.74 Å². The van der Waals surface area contributed by atoms with E-state index in [0.29, 0.717) is 17.1 Å². The van der Waals surface area contributed by atoms with Crippen molar-refractivity contribution in [3.63, 3.8) is 0 Å². The van der Waals surface area contributed by atoms with Gasteiger partial charge in [0.15, 0.2) is 0 Å². The van der Waals surface area contributed by atoms with Gasteiger partial charge in [0, 0.05) is 18.2 Å². The Morgan fingerprint density at radius 3 is 3.06 bits per heavy atom. The molecule has 1 aliphatic rings. The van der Waals surface area contributed by atoms with Gasteiger partial charge in [0.05, 0.1) is 0 Å². The summed E-state index contributed by atoms with van der Waals surface area (Å²) in [5.41, 5.74) is 1.15. The summed E-state index contributed by atoms with van der Waals surface area (Å²) in [5.74, 6) is 0.838. The predicted molar refractivity (Wildman–Crippen MR) is 75.2 cm³/mol. The number of piperidine rings is 1. The molecule has 0 spiro atoms. The zero-order valence-electron chi connectivity index (χ0n) is 10.6. The predicted octanol–water partition coefficient (Wildman–Crippen LogP) is 3.43. The highest BCUT2D eigenvalue weighted by Gasteiger charge is 2.24. The van der Waals surface area contributed by atoms with Crippen LogP contribution in [0.15, 0.2) is 24.3 Å². The van der Waals surface area contributed by atoms with Crippen LogP contribution in [0.1, 0.15) is 36.5 Å². The number of hydrogen-bond acceptors (Lipinski definition) is 2. The number of nitrogens with zero attached hydrogens (tertiary/aromatic N) is 1. The molecule has 1 amide bonds. The first kappa shape index (κ1) is 13.4. The number of benzene rings is 1. The highest BCUT2D eigenvalue weighted by molar-refractivity contribution is 9.09. The largest absolute Gasteiger partial charge is 0.482 e. The van der Waals surface area contributed by atoms with Crippen molar-refractivity contribution in [3.05, 3.63) is 29.8 Å². The number of halogens is 1. The molecule has 0 bridgehead atoms. The summed E-state index contributed by atoms with van der Waals surface area (Å²) in [6.45, 7) is 2.99. The lowest BCUT2D eigenvalue weighted by atomic mass is 10.0. The Morgan fingerprint density at radius 2 is 2.33 bits per heavy atom. The molecule has 4 heteroatoms. The van der Waals surface area contributed by atoms with E-state index >= 15 is 0 Å². The van der Waals surface area contributed by atoms with Gasteiger partial charge in [0.1, 0.15) is 11.3 Å². The van der Waals surface area contributed by atoms with Gasteiger partial charge >= 0.3 is 0 Å². The van der Waals surface area contributed by atoms with E-state index in [9.17, 15) is 4.79 Å². The standard InChI is InChI=1S/C14H18BrNO2/c1-11-5-2-3-8-16(11)14(17)12-6-4-7-13(9-12)18-10-15/h4,6-7,9,11H,2-3,5,8,10H2,1H3. The Labute approximate surface area is 116 Å². The van der Waals surface area contributed by atoms with Crippen molar-refractivity contribution in [2.45, 2.75) is 32.2 Å². The highest BCUT2D eigenvalue weighted by Crippen LogP contribution is 2.21. The van der Waals surface area contributed by atoms with Gasteiger partial charge in [-0.25, -0.2) is 0 Å². The highest BCUT2D eigenvalue weighted by atomic mass is 79.9. The molecule has 18 heavy (non-hydrogen) atoms. The summed E-state index contributed by atoms with van der Waals surface area (Å²) in [7, 11) is 0. The maximum absolute atomic E-state index is 12.4. The van der Waals surface area contributed by atoms with E-state index in [1.807, 2.05) is 29.2 Å². The molecule has 1 heterocycles. The first-order valence-electron chi connectivity index (χ1n) is 6.32. The molecule has 1 atom stereocenters. The molecule has 1 aromatic carbocycles. The topological polar surface area (TPSA) is 29.5 Å². The van der Waals surface area contributed by atoms with Crippen molar-refractivity contribution in [2.75, 3.05) is 12.1 Å². The molecule has 1 fully saturated rings. The fraction of sp³-hybridized carbons (Fsp3) is 0.500. The van der Waals surface area contributed by atoms with Crippen LogP contribution in [0.2, 0.25) is 0 Å². The Kier molecular flexibility index (Phi) is 4.64. The van der Waals surface area contributed by atoms with Gasteiger partial charge in [-0.1, -0.05) is 6.07 Å². The number of ether oxygens (including phenoxy) is 1. The molecular formula is C14H18BrNO2. The van der Waals surface area contributed by atoms with Gasteiger partial charge in [0.2, 0.25) is 0 Å². The first-order valence-corrected chi connectivity index (χ1v) is 7.44. The van der Waals surface area contributed by atoms with Crippen molar-refractivity contribution in [3.8, 4) is 5.75 Å². The van der Waals surface area contributed by atoms with Gasteiger partial charge in [-0.2, -0.15) is 0 Å². The van der Waals surface area contributed by atoms with E-state index in [2.05, 4.69) is 22.9 Å². The lowest BCUT2D eigenvalue weighted by Gasteiger charge is -2.33. The van der Waals surface area contributed by atoms with Crippen LogP contribution in [0.5, 0.6) is 5.75 Å². The summed E-state index contributed by atoms with van der Waals surface area (Å²) < 4.78 is 5.36. The number of alkyl halides is 1. The zero-order chi connectivity index (χ0) is 13.0. The van der Waals surface area contributed by atoms with Gasteiger partial charge in [0.25, 0.3) is 5.91 Å². The molecule has 1 unspecified atom stereocenters. The Bertz CT molecular complexity index is 422. The monoisotopic (exact) mass is 311 g/mol. The molecule has 0 radical (unpaired) electrons. The fourth-order valence-corrected chi connectivity index (χ4v) is 2.61. The van der Waals surface area contributed by atoms with Crippen molar-refractivity contribution in [1.29, 1.82) is 0 Å². The lowest BCUT2D eigenvalue weighted by molar-refractivity contribution is 0.0635. The normalized spacial score (nSPS) is 19.7. The number of rotatable bonds is 3. The maximum atomic E-state index is 12.4. The second-order valence-electron chi connectivity index (χ2n) is 4.62. The lowest BCUT2D eigenvalue weighted by Crippen LogP contribution is -2.42. The molecule has 0 saturated carbocycles. The van der Waals surface area contributed by atoms with Gasteiger partial charge < -0.3 is 9.64 Å². The molecule has 0 aliphatic carbocycles. The average molecular weight is 312 g/mol. The summed E-state index contributed by atoms with van der Waals surface area (Å²) in [6, 6.07) is 7.72. The van der Waals surface area contributed by atoms with Gasteiger partial charge in [-0.3, -0.25) is 4.79 Å². The number of amides is 1. The Hall–Kier alpha value is -1.03. The molecule has 0 N–H and O–H groups in total. The van der Waals surface area contributed by atoms with E-state index in [1.54, 1.807) is 0 Å². The summed E-state index contributed by atoms with van der Waals surface area (Å²) >= 11 is 3.22. The van der Waals surface area contributed by atoms with E-state index in [-0.39, 0.29) is 5.91 Å². The fourth-order valence-electron chi connectivity index (χ4n) is 2.35. The van der Waals surface area contributed by atoms with Crippen LogP contribution in [-0.2, 0) is 0 Å². The average Bonchev–Trinajstić information content (AvgIpc) is 2.39. The van der Waals surface area contributed by atoms with E-state index in [4.69, 9.17) is 4.74 Å². The molecule has 2 rings (SSSR count). The molecule has 3 nitrogen and oxygen atoms in total. The molecular weight excluding hydrogens is 294 g/mol. The maximum Gasteiger partial charge on any atom is 0.254 e. The zero-order valence-corrected chi connectivity index (χ0v) is 12.1. The minimum atomic E-state index is 0.113. The minimum absolute atomic E-state index is 0.113. The Morgan fingerprint density at radius 1 is 1.50 bits per heavy atom. The minimum Gasteiger partial charge on any atom is -0.482 e. The summed E-state index contributed by atoms with van der Waals surface area (Å²) in [4.78, 5) is 14.4. The SMILES string of the molecule is CC1CCCCN1C(=O)c1cccc(OCBr)c1.